The van der Waals surface area contributed by atoms with Gasteiger partial charge >= 0.3 is 0 Å². The minimum atomic E-state index is 0.199. The maximum Gasteiger partial charge on any atom is 0.122 e. The molecule has 0 saturated carbocycles. The summed E-state index contributed by atoms with van der Waals surface area (Å²) < 4.78 is 5.23. The van der Waals surface area contributed by atoms with Crippen molar-refractivity contribution < 1.29 is 4.42 Å². The Morgan fingerprint density at radius 3 is 2.73 bits per heavy atom. The van der Waals surface area contributed by atoms with E-state index < -0.39 is 0 Å². The number of nitrogens with two attached hydrogens (primary N) is 1. The van der Waals surface area contributed by atoms with Crippen molar-refractivity contribution in [2.24, 2.45) is 5.73 Å². The van der Waals surface area contributed by atoms with E-state index in [1.54, 1.807) is 6.26 Å². The molecule has 0 bridgehead atoms. The largest absolute Gasteiger partial charge is 0.468 e. The molecule has 3 heteroatoms. The van der Waals surface area contributed by atoms with E-state index in [0.717, 1.165) is 5.76 Å². The van der Waals surface area contributed by atoms with Gasteiger partial charge in [0.05, 0.1) is 12.3 Å². The Bertz CT molecular complexity index is 194. The summed E-state index contributed by atoms with van der Waals surface area (Å²) in [6.45, 7) is 0.584. The third-order valence-corrected chi connectivity index (χ3v) is 1.72. The summed E-state index contributed by atoms with van der Waals surface area (Å²) in [4.78, 5) is 2.04. The van der Waals surface area contributed by atoms with E-state index in [0.29, 0.717) is 6.54 Å². The lowest BCUT2D eigenvalue weighted by Crippen LogP contribution is -2.26. The third kappa shape index (κ3) is 1.82. The van der Waals surface area contributed by atoms with Crippen molar-refractivity contribution in [1.29, 1.82) is 0 Å². The van der Waals surface area contributed by atoms with Crippen molar-refractivity contribution in [3.63, 3.8) is 0 Å². The lowest BCUT2D eigenvalue weighted by molar-refractivity contribution is 0.264. The number of likely N-dealkylation sites (N-methyl/N-ethyl adjacent to an activating group) is 1. The Kier molecular flexibility index (Phi) is 2.68. The van der Waals surface area contributed by atoms with Crippen LogP contribution in [0.1, 0.15) is 11.8 Å². The number of hydrogen-bond donors (Lipinski definition) is 1. The number of hydrogen-bond acceptors (Lipinski definition) is 3. The van der Waals surface area contributed by atoms with Gasteiger partial charge in [-0.2, -0.15) is 0 Å². The average molecular weight is 154 g/mol. The van der Waals surface area contributed by atoms with E-state index in [1.165, 1.54) is 0 Å². The molecule has 1 unspecified atom stereocenters. The second-order valence-corrected chi connectivity index (χ2v) is 2.73. The van der Waals surface area contributed by atoms with Gasteiger partial charge in [-0.15, -0.1) is 0 Å². The van der Waals surface area contributed by atoms with Crippen molar-refractivity contribution in [1.82, 2.24) is 4.90 Å². The van der Waals surface area contributed by atoms with E-state index in [2.05, 4.69) is 0 Å². The molecule has 1 heterocycles. The van der Waals surface area contributed by atoms with Crippen LogP contribution in [0.5, 0.6) is 0 Å². The van der Waals surface area contributed by atoms with E-state index in [9.17, 15) is 0 Å². The normalized spacial score (nSPS) is 13.8. The predicted molar refractivity (Wildman–Crippen MR) is 44.2 cm³/mol. The molecule has 1 rings (SSSR count). The van der Waals surface area contributed by atoms with Crippen LogP contribution in [-0.4, -0.2) is 25.5 Å². The summed E-state index contributed by atoms with van der Waals surface area (Å²) >= 11 is 0. The molecule has 0 radical (unpaired) electrons. The van der Waals surface area contributed by atoms with Gasteiger partial charge in [0.25, 0.3) is 0 Å². The van der Waals surface area contributed by atoms with Crippen LogP contribution >= 0.6 is 0 Å². The first-order valence-corrected chi connectivity index (χ1v) is 3.65. The highest BCUT2D eigenvalue weighted by Gasteiger charge is 2.13. The summed E-state index contributed by atoms with van der Waals surface area (Å²) in [5, 5.41) is 0. The molecule has 0 fully saturated rings. The summed E-state index contributed by atoms with van der Waals surface area (Å²) in [6, 6.07) is 4.02. The quantitative estimate of drug-likeness (QED) is 0.701. The first-order chi connectivity index (χ1) is 5.25. The monoisotopic (exact) mass is 154 g/mol. The third-order valence-electron chi connectivity index (χ3n) is 1.72. The van der Waals surface area contributed by atoms with Gasteiger partial charge in [-0.25, -0.2) is 0 Å². The van der Waals surface area contributed by atoms with Gasteiger partial charge in [-0.05, 0) is 26.2 Å². The maximum absolute atomic E-state index is 5.56. The second-order valence-electron chi connectivity index (χ2n) is 2.73. The van der Waals surface area contributed by atoms with Gasteiger partial charge in [0.15, 0.2) is 0 Å². The minimum Gasteiger partial charge on any atom is -0.468 e. The zero-order valence-corrected chi connectivity index (χ0v) is 6.95. The molecular formula is C8H14N2O. The molecule has 0 aliphatic carbocycles. The SMILES string of the molecule is CN(C)C(CN)c1ccco1. The van der Waals surface area contributed by atoms with Gasteiger partial charge in [0, 0.05) is 6.54 Å². The zero-order chi connectivity index (χ0) is 8.27. The highest BCUT2D eigenvalue weighted by Crippen LogP contribution is 2.16. The van der Waals surface area contributed by atoms with E-state index >= 15 is 0 Å². The van der Waals surface area contributed by atoms with Crippen LogP contribution in [0.15, 0.2) is 22.8 Å². The van der Waals surface area contributed by atoms with Gasteiger partial charge in [0.1, 0.15) is 5.76 Å². The van der Waals surface area contributed by atoms with Gasteiger partial charge in [-0.3, -0.25) is 4.90 Å². The van der Waals surface area contributed by atoms with Crippen molar-refractivity contribution in [3.05, 3.63) is 24.2 Å². The van der Waals surface area contributed by atoms with E-state index in [4.69, 9.17) is 10.2 Å². The summed E-state index contributed by atoms with van der Waals surface area (Å²) in [5.41, 5.74) is 5.56. The lowest BCUT2D eigenvalue weighted by atomic mass is 10.2. The van der Waals surface area contributed by atoms with Crippen LogP contribution in [0.25, 0.3) is 0 Å². The molecule has 0 amide bonds. The fourth-order valence-corrected chi connectivity index (χ4v) is 1.06. The zero-order valence-electron chi connectivity index (χ0n) is 6.95. The van der Waals surface area contributed by atoms with Crippen LogP contribution in [0.4, 0.5) is 0 Å². The second kappa shape index (κ2) is 3.55. The number of rotatable bonds is 3. The molecule has 1 atom stereocenters. The topological polar surface area (TPSA) is 42.4 Å². The summed E-state index contributed by atoms with van der Waals surface area (Å²) in [6.07, 6.45) is 1.67. The minimum absolute atomic E-state index is 0.199. The Morgan fingerprint density at radius 2 is 2.36 bits per heavy atom. The standard InChI is InChI=1S/C8H14N2O/c1-10(2)7(6-9)8-4-3-5-11-8/h3-5,7H,6,9H2,1-2H3. The number of nitrogens with zero attached hydrogens (tertiary/aromatic N) is 1. The summed E-state index contributed by atoms with van der Waals surface area (Å²) in [7, 11) is 3.97. The molecule has 3 nitrogen and oxygen atoms in total. The Hall–Kier alpha value is -0.800. The van der Waals surface area contributed by atoms with Crippen molar-refractivity contribution in [3.8, 4) is 0 Å². The molecular weight excluding hydrogens is 140 g/mol. The van der Waals surface area contributed by atoms with E-state index in [-0.39, 0.29) is 6.04 Å². The smallest absolute Gasteiger partial charge is 0.122 e. The van der Waals surface area contributed by atoms with Crippen LogP contribution < -0.4 is 5.73 Å². The molecule has 0 aliphatic rings. The first kappa shape index (κ1) is 8.30. The van der Waals surface area contributed by atoms with Gasteiger partial charge in [-0.1, -0.05) is 0 Å². The molecule has 2 N–H and O–H groups in total. The highest BCUT2D eigenvalue weighted by atomic mass is 16.3. The maximum atomic E-state index is 5.56. The van der Waals surface area contributed by atoms with Crippen LogP contribution in [0, 0.1) is 0 Å². The van der Waals surface area contributed by atoms with Crippen LogP contribution in [0.3, 0.4) is 0 Å². The first-order valence-electron chi connectivity index (χ1n) is 3.65. The van der Waals surface area contributed by atoms with E-state index in [1.807, 2.05) is 31.1 Å². The van der Waals surface area contributed by atoms with Crippen molar-refractivity contribution >= 4 is 0 Å². The Morgan fingerprint density at radius 1 is 1.64 bits per heavy atom. The number of furan rings is 1. The average Bonchev–Trinajstić information content (AvgIpc) is 2.40. The summed E-state index contributed by atoms with van der Waals surface area (Å²) in [5.74, 6) is 0.928. The molecule has 62 valence electrons. The molecule has 11 heavy (non-hydrogen) atoms. The molecule has 0 aromatic carbocycles. The van der Waals surface area contributed by atoms with Crippen LogP contribution in [0.2, 0.25) is 0 Å². The fraction of sp³-hybridized carbons (Fsp3) is 0.500. The van der Waals surface area contributed by atoms with Gasteiger partial charge in [0.2, 0.25) is 0 Å². The molecule has 1 aromatic heterocycles. The van der Waals surface area contributed by atoms with Crippen molar-refractivity contribution in [2.45, 2.75) is 6.04 Å². The van der Waals surface area contributed by atoms with Crippen LogP contribution in [-0.2, 0) is 0 Å². The highest BCUT2D eigenvalue weighted by molar-refractivity contribution is 5.04. The molecule has 0 spiro atoms. The fourth-order valence-electron chi connectivity index (χ4n) is 1.06. The Balaban J connectivity index is 2.71. The predicted octanol–water partition coefficient (Wildman–Crippen LogP) is 0.841. The lowest BCUT2D eigenvalue weighted by Gasteiger charge is -2.19. The Labute approximate surface area is 66.8 Å². The molecule has 0 saturated heterocycles. The van der Waals surface area contributed by atoms with Gasteiger partial charge < -0.3 is 10.2 Å². The van der Waals surface area contributed by atoms with Crippen molar-refractivity contribution in [2.75, 3.05) is 20.6 Å². The molecule has 1 aromatic rings. The molecule has 0 aliphatic heterocycles.